The third-order valence-electron chi connectivity index (χ3n) is 3.98. The van der Waals surface area contributed by atoms with E-state index in [0.29, 0.717) is 0 Å². The lowest BCUT2D eigenvalue weighted by molar-refractivity contribution is -0.140. The molecule has 0 spiro atoms. The van der Waals surface area contributed by atoms with Crippen molar-refractivity contribution in [1.29, 1.82) is 0 Å². The Balaban J connectivity index is 0.00000147. The van der Waals surface area contributed by atoms with Crippen LogP contribution < -0.4 is 5.32 Å². The van der Waals surface area contributed by atoms with Gasteiger partial charge in [-0.15, -0.1) is 12.4 Å². The van der Waals surface area contributed by atoms with Gasteiger partial charge in [-0.05, 0) is 41.6 Å². The van der Waals surface area contributed by atoms with Crippen molar-refractivity contribution in [2.24, 2.45) is 5.92 Å². The summed E-state index contributed by atoms with van der Waals surface area (Å²) in [5, 5.41) is 14.7. The van der Waals surface area contributed by atoms with E-state index in [9.17, 15) is 9.90 Å². The Labute approximate surface area is 124 Å². The molecular formula is C16H18ClNO2. The second-order valence-corrected chi connectivity index (χ2v) is 5.16. The topological polar surface area (TPSA) is 49.3 Å². The standard InChI is InChI=1S/C16H17NO2.ClH/c18-16(19)15-13(8-9-17-15)10-12-6-3-5-11-4-1-2-7-14(11)12;/h1-7,13,15,17H,8-10H2,(H,18,19);1H/t13?,15-;/m0./s1. The molecule has 0 saturated carbocycles. The van der Waals surface area contributed by atoms with Gasteiger partial charge in [0.25, 0.3) is 0 Å². The number of aliphatic carboxylic acids is 1. The summed E-state index contributed by atoms with van der Waals surface area (Å²) in [6.07, 6.45) is 1.76. The number of carboxylic acids is 1. The average Bonchev–Trinajstić information content (AvgIpc) is 2.87. The Morgan fingerprint density at radius 3 is 2.75 bits per heavy atom. The van der Waals surface area contributed by atoms with Crippen molar-refractivity contribution in [2.75, 3.05) is 6.54 Å². The minimum atomic E-state index is -0.734. The molecule has 3 rings (SSSR count). The number of carbonyl (C=O) groups is 1. The monoisotopic (exact) mass is 291 g/mol. The zero-order chi connectivity index (χ0) is 13.2. The lowest BCUT2D eigenvalue weighted by atomic mass is 9.90. The second kappa shape index (κ2) is 6.25. The molecule has 4 heteroatoms. The Morgan fingerprint density at radius 2 is 1.95 bits per heavy atom. The van der Waals surface area contributed by atoms with E-state index in [4.69, 9.17) is 0 Å². The summed E-state index contributed by atoms with van der Waals surface area (Å²) in [4.78, 5) is 11.2. The van der Waals surface area contributed by atoms with Gasteiger partial charge in [0, 0.05) is 0 Å². The van der Waals surface area contributed by atoms with Crippen molar-refractivity contribution in [3.05, 3.63) is 48.0 Å². The molecule has 2 aromatic rings. The first-order valence-corrected chi connectivity index (χ1v) is 6.68. The smallest absolute Gasteiger partial charge is 0.320 e. The largest absolute Gasteiger partial charge is 0.480 e. The van der Waals surface area contributed by atoms with Crippen LogP contribution in [0.15, 0.2) is 42.5 Å². The van der Waals surface area contributed by atoms with Crippen LogP contribution in [0, 0.1) is 5.92 Å². The fourth-order valence-corrected chi connectivity index (χ4v) is 3.02. The van der Waals surface area contributed by atoms with Crippen LogP contribution in [0.25, 0.3) is 10.8 Å². The summed E-state index contributed by atoms with van der Waals surface area (Å²) in [5.41, 5.74) is 1.25. The highest BCUT2D eigenvalue weighted by molar-refractivity contribution is 5.86. The van der Waals surface area contributed by atoms with E-state index in [1.165, 1.54) is 16.3 Å². The van der Waals surface area contributed by atoms with Crippen LogP contribution in [0.3, 0.4) is 0 Å². The van der Waals surface area contributed by atoms with Gasteiger partial charge in [0.2, 0.25) is 0 Å². The van der Waals surface area contributed by atoms with Crippen molar-refractivity contribution in [3.63, 3.8) is 0 Å². The molecular weight excluding hydrogens is 274 g/mol. The SMILES string of the molecule is Cl.O=C(O)[C@H]1NCCC1Cc1cccc2ccccc12. The van der Waals surface area contributed by atoms with Crippen LogP contribution >= 0.6 is 12.4 Å². The van der Waals surface area contributed by atoms with Crippen LogP contribution in [0.4, 0.5) is 0 Å². The molecule has 1 fully saturated rings. The number of hydrogen-bond acceptors (Lipinski definition) is 2. The van der Waals surface area contributed by atoms with E-state index in [1.807, 2.05) is 12.1 Å². The number of benzene rings is 2. The zero-order valence-electron chi connectivity index (χ0n) is 11.1. The highest BCUT2D eigenvalue weighted by atomic mass is 35.5. The van der Waals surface area contributed by atoms with Gasteiger partial charge in [-0.1, -0.05) is 42.5 Å². The summed E-state index contributed by atoms with van der Waals surface area (Å²) in [7, 11) is 0. The molecule has 2 aromatic carbocycles. The molecule has 0 amide bonds. The van der Waals surface area contributed by atoms with Crippen LogP contribution in [-0.2, 0) is 11.2 Å². The third kappa shape index (κ3) is 2.79. The van der Waals surface area contributed by atoms with Crippen LogP contribution in [-0.4, -0.2) is 23.7 Å². The number of rotatable bonds is 3. The lowest BCUT2D eigenvalue weighted by Crippen LogP contribution is -2.36. The number of carboxylic acid groups (broad SMARTS) is 1. The van der Waals surface area contributed by atoms with E-state index in [-0.39, 0.29) is 18.3 Å². The minimum Gasteiger partial charge on any atom is -0.480 e. The van der Waals surface area contributed by atoms with E-state index in [1.54, 1.807) is 0 Å². The summed E-state index contributed by atoms with van der Waals surface area (Å²) < 4.78 is 0. The second-order valence-electron chi connectivity index (χ2n) is 5.16. The molecule has 20 heavy (non-hydrogen) atoms. The maximum absolute atomic E-state index is 11.2. The fraction of sp³-hybridized carbons (Fsp3) is 0.312. The molecule has 1 aliphatic rings. The summed E-state index contributed by atoms with van der Waals surface area (Å²) >= 11 is 0. The molecule has 2 N–H and O–H groups in total. The highest BCUT2D eigenvalue weighted by Gasteiger charge is 2.32. The van der Waals surface area contributed by atoms with Crippen LogP contribution in [0.2, 0.25) is 0 Å². The van der Waals surface area contributed by atoms with E-state index in [0.717, 1.165) is 19.4 Å². The van der Waals surface area contributed by atoms with Gasteiger partial charge in [0.15, 0.2) is 0 Å². The van der Waals surface area contributed by atoms with E-state index in [2.05, 4.69) is 35.6 Å². The van der Waals surface area contributed by atoms with E-state index < -0.39 is 12.0 Å². The number of nitrogens with one attached hydrogen (secondary N) is 1. The molecule has 0 bridgehead atoms. The van der Waals surface area contributed by atoms with Crippen molar-refractivity contribution in [3.8, 4) is 0 Å². The minimum absolute atomic E-state index is 0. The van der Waals surface area contributed by atoms with Gasteiger partial charge >= 0.3 is 5.97 Å². The molecule has 3 nitrogen and oxygen atoms in total. The highest BCUT2D eigenvalue weighted by Crippen LogP contribution is 2.26. The normalized spacial score (nSPS) is 21.6. The Kier molecular flexibility index (Phi) is 4.63. The van der Waals surface area contributed by atoms with Crippen molar-refractivity contribution in [2.45, 2.75) is 18.9 Å². The molecule has 1 unspecified atom stereocenters. The maximum atomic E-state index is 11.2. The summed E-state index contributed by atoms with van der Waals surface area (Å²) in [6, 6.07) is 14.1. The quantitative estimate of drug-likeness (QED) is 0.914. The molecule has 1 heterocycles. The molecule has 1 aliphatic heterocycles. The van der Waals surface area contributed by atoms with Gasteiger partial charge in [-0.2, -0.15) is 0 Å². The van der Waals surface area contributed by atoms with Gasteiger partial charge in [-0.25, -0.2) is 0 Å². The Hall–Kier alpha value is -1.58. The van der Waals surface area contributed by atoms with Crippen molar-refractivity contribution < 1.29 is 9.90 Å². The van der Waals surface area contributed by atoms with Crippen molar-refractivity contribution >= 4 is 29.1 Å². The summed E-state index contributed by atoms with van der Waals surface area (Å²) in [6.45, 7) is 0.798. The molecule has 0 aliphatic carbocycles. The Morgan fingerprint density at radius 1 is 1.20 bits per heavy atom. The first-order valence-electron chi connectivity index (χ1n) is 6.68. The molecule has 0 radical (unpaired) electrons. The predicted molar refractivity (Wildman–Crippen MR) is 82.4 cm³/mol. The van der Waals surface area contributed by atoms with Crippen molar-refractivity contribution in [1.82, 2.24) is 5.32 Å². The average molecular weight is 292 g/mol. The predicted octanol–water partition coefficient (Wildman–Crippen LogP) is 2.87. The van der Waals surface area contributed by atoms with Gasteiger partial charge in [0.05, 0.1) is 0 Å². The van der Waals surface area contributed by atoms with Gasteiger partial charge in [-0.3, -0.25) is 4.79 Å². The molecule has 106 valence electrons. The Bertz CT molecular complexity index is 609. The molecule has 1 saturated heterocycles. The third-order valence-corrected chi connectivity index (χ3v) is 3.98. The van der Waals surface area contributed by atoms with Crippen LogP contribution in [0.1, 0.15) is 12.0 Å². The molecule has 0 aromatic heterocycles. The first kappa shape index (κ1) is 14.8. The van der Waals surface area contributed by atoms with Gasteiger partial charge in [0.1, 0.15) is 6.04 Å². The first-order chi connectivity index (χ1) is 9.25. The number of hydrogen-bond donors (Lipinski definition) is 2. The van der Waals surface area contributed by atoms with E-state index >= 15 is 0 Å². The van der Waals surface area contributed by atoms with Gasteiger partial charge < -0.3 is 10.4 Å². The van der Waals surface area contributed by atoms with Crippen LogP contribution in [0.5, 0.6) is 0 Å². The lowest BCUT2D eigenvalue weighted by Gasteiger charge is -2.16. The fourth-order valence-electron chi connectivity index (χ4n) is 3.02. The summed E-state index contributed by atoms with van der Waals surface area (Å²) in [5.74, 6) is -0.550. The number of halogens is 1. The molecule has 2 atom stereocenters. The maximum Gasteiger partial charge on any atom is 0.320 e. The number of fused-ring (bicyclic) bond motifs is 1. The zero-order valence-corrected chi connectivity index (χ0v) is 11.9.